The van der Waals surface area contributed by atoms with Crippen LogP contribution < -0.4 is 4.74 Å². The van der Waals surface area contributed by atoms with E-state index in [2.05, 4.69) is 21.7 Å². The lowest BCUT2D eigenvalue weighted by molar-refractivity contribution is 0.415. The Hall–Kier alpha value is -1.84. The normalized spacial score (nSPS) is 18.4. The smallest absolute Gasteiger partial charge is 0.163 e. The highest BCUT2D eigenvalue weighted by molar-refractivity contribution is 5.56. The summed E-state index contributed by atoms with van der Waals surface area (Å²) in [5.74, 6) is 3.47. The van der Waals surface area contributed by atoms with Crippen LogP contribution in [0.15, 0.2) is 24.3 Å². The number of rotatable bonds is 2. The van der Waals surface area contributed by atoms with Crippen LogP contribution in [0.5, 0.6) is 5.75 Å². The molecule has 1 aromatic heterocycles. The van der Waals surface area contributed by atoms with Crippen LogP contribution >= 0.6 is 0 Å². The summed E-state index contributed by atoms with van der Waals surface area (Å²) < 4.78 is 7.42. The van der Waals surface area contributed by atoms with E-state index in [4.69, 9.17) is 4.74 Å². The Morgan fingerprint density at radius 2 is 2.00 bits per heavy atom. The zero-order valence-corrected chi connectivity index (χ0v) is 10.8. The van der Waals surface area contributed by atoms with E-state index in [0.29, 0.717) is 5.92 Å². The molecule has 0 N–H and O–H groups in total. The van der Waals surface area contributed by atoms with Gasteiger partial charge in [-0.25, -0.2) is 0 Å². The molecule has 1 aromatic carbocycles. The van der Waals surface area contributed by atoms with Gasteiger partial charge in [0.15, 0.2) is 5.82 Å². The summed E-state index contributed by atoms with van der Waals surface area (Å²) in [6.07, 6.45) is 2.41. The van der Waals surface area contributed by atoms with Crippen LogP contribution in [0.2, 0.25) is 0 Å². The second-order valence-corrected chi connectivity index (χ2v) is 4.81. The Balaban J connectivity index is 2.01. The molecule has 0 aliphatic carbocycles. The third kappa shape index (κ3) is 1.78. The summed E-state index contributed by atoms with van der Waals surface area (Å²) in [5, 5.41) is 8.68. The summed E-state index contributed by atoms with van der Waals surface area (Å²) >= 11 is 0. The highest BCUT2D eigenvalue weighted by Gasteiger charge is 2.22. The highest BCUT2D eigenvalue weighted by Crippen LogP contribution is 2.30. The van der Waals surface area contributed by atoms with Gasteiger partial charge >= 0.3 is 0 Å². The monoisotopic (exact) mass is 243 g/mol. The molecular formula is C14H17N3O. The van der Waals surface area contributed by atoms with E-state index in [1.165, 1.54) is 12.8 Å². The average molecular weight is 243 g/mol. The van der Waals surface area contributed by atoms with Crippen LogP contribution in [-0.2, 0) is 6.54 Å². The third-order valence-corrected chi connectivity index (χ3v) is 3.59. The molecule has 1 atom stereocenters. The lowest BCUT2D eigenvalue weighted by atomic mass is 10.0. The van der Waals surface area contributed by atoms with E-state index < -0.39 is 0 Å². The van der Waals surface area contributed by atoms with Gasteiger partial charge in [0.2, 0.25) is 0 Å². The van der Waals surface area contributed by atoms with E-state index >= 15 is 0 Å². The van der Waals surface area contributed by atoms with Gasteiger partial charge in [-0.1, -0.05) is 6.92 Å². The van der Waals surface area contributed by atoms with Crippen molar-refractivity contribution >= 4 is 0 Å². The molecule has 4 nitrogen and oxygen atoms in total. The van der Waals surface area contributed by atoms with E-state index in [9.17, 15) is 0 Å². The van der Waals surface area contributed by atoms with E-state index in [1.54, 1.807) is 7.11 Å². The maximum Gasteiger partial charge on any atom is 0.163 e. The summed E-state index contributed by atoms with van der Waals surface area (Å²) in [5.41, 5.74) is 1.10. The number of aromatic nitrogens is 3. The van der Waals surface area contributed by atoms with Crippen molar-refractivity contribution < 1.29 is 4.74 Å². The Morgan fingerprint density at radius 3 is 2.72 bits per heavy atom. The fraction of sp³-hybridized carbons (Fsp3) is 0.429. The van der Waals surface area contributed by atoms with Crippen LogP contribution in [0.4, 0.5) is 0 Å². The number of ether oxygens (including phenoxy) is 1. The van der Waals surface area contributed by atoms with Gasteiger partial charge in [-0.2, -0.15) is 0 Å². The minimum absolute atomic E-state index is 0.512. The van der Waals surface area contributed by atoms with E-state index in [1.807, 2.05) is 24.3 Å². The van der Waals surface area contributed by atoms with Crippen molar-refractivity contribution in [2.75, 3.05) is 7.11 Å². The Labute approximate surface area is 107 Å². The fourth-order valence-corrected chi connectivity index (χ4v) is 2.54. The van der Waals surface area contributed by atoms with Gasteiger partial charge in [0, 0.05) is 18.0 Å². The molecule has 0 amide bonds. The molecule has 1 aliphatic rings. The first-order valence-electron chi connectivity index (χ1n) is 6.37. The molecule has 0 saturated heterocycles. The predicted octanol–water partition coefficient (Wildman–Crippen LogP) is 2.85. The molecule has 1 unspecified atom stereocenters. The molecule has 1 aliphatic heterocycles. The number of methoxy groups -OCH3 is 1. The molecule has 0 radical (unpaired) electrons. The average Bonchev–Trinajstić information content (AvgIpc) is 2.84. The lowest BCUT2D eigenvalue weighted by Crippen LogP contribution is -2.14. The Morgan fingerprint density at radius 1 is 1.22 bits per heavy atom. The van der Waals surface area contributed by atoms with Gasteiger partial charge in [0.1, 0.15) is 11.6 Å². The van der Waals surface area contributed by atoms with Crippen molar-refractivity contribution in [3.63, 3.8) is 0 Å². The van der Waals surface area contributed by atoms with Crippen LogP contribution in [0.25, 0.3) is 11.4 Å². The molecule has 0 bridgehead atoms. The number of benzene rings is 1. The molecule has 0 fully saturated rings. The molecule has 2 heterocycles. The predicted molar refractivity (Wildman–Crippen MR) is 69.7 cm³/mol. The van der Waals surface area contributed by atoms with Crippen molar-refractivity contribution in [3.8, 4) is 17.1 Å². The Kier molecular flexibility index (Phi) is 2.78. The van der Waals surface area contributed by atoms with Gasteiger partial charge in [-0.05, 0) is 37.1 Å². The summed E-state index contributed by atoms with van der Waals surface area (Å²) in [6, 6.07) is 8.00. The molecule has 4 heteroatoms. The number of hydrogen-bond acceptors (Lipinski definition) is 3. The second-order valence-electron chi connectivity index (χ2n) is 4.81. The summed E-state index contributed by atoms with van der Waals surface area (Å²) in [6.45, 7) is 3.24. The van der Waals surface area contributed by atoms with Crippen LogP contribution in [-0.4, -0.2) is 21.9 Å². The first-order chi connectivity index (χ1) is 8.79. The zero-order chi connectivity index (χ0) is 12.5. The maximum atomic E-state index is 5.17. The molecule has 0 spiro atoms. The largest absolute Gasteiger partial charge is 0.497 e. The van der Waals surface area contributed by atoms with Gasteiger partial charge in [-0.15, -0.1) is 10.2 Å². The van der Waals surface area contributed by atoms with Crippen LogP contribution in [0.1, 0.15) is 31.5 Å². The third-order valence-electron chi connectivity index (χ3n) is 3.59. The summed E-state index contributed by atoms with van der Waals surface area (Å²) in [7, 11) is 1.68. The minimum Gasteiger partial charge on any atom is -0.497 e. The quantitative estimate of drug-likeness (QED) is 0.814. The van der Waals surface area contributed by atoms with Crippen LogP contribution in [0, 0.1) is 0 Å². The van der Waals surface area contributed by atoms with E-state index in [0.717, 1.165) is 29.5 Å². The van der Waals surface area contributed by atoms with Crippen molar-refractivity contribution in [3.05, 3.63) is 30.1 Å². The Bertz CT molecular complexity index is 545. The summed E-state index contributed by atoms with van der Waals surface area (Å²) in [4.78, 5) is 0. The molecule has 18 heavy (non-hydrogen) atoms. The molecule has 2 aromatic rings. The van der Waals surface area contributed by atoms with Crippen LogP contribution in [0.3, 0.4) is 0 Å². The number of nitrogens with zero attached hydrogens (tertiary/aromatic N) is 3. The molecular weight excluding hydrogens is 226 g/mol. The standard InChI is InChI=1S/C14H17N3O/c1-10-4-3-9-17-13(10)15-16-14(17)11-5-7-12(18-2)8-6-11/h5-8,10H,3-4,9H2,1-2H3. The topological polar surface area (TPSA) is 39.9 Å². The molecule has 3 rings (SSSR count). The number of fused-ring (bicyclic) bond motifs is 1. The van der Waals surface area contributed by atoms with Crippen molar-refractivity contribution in [1.29, 1.82) is 0 Å². The van der Waals surface area contributed by atoms with Gasteiger partial charge in [0.25, 0.3) is 0 Å². The zero-order valence-electron chi connectivity index (χ0n) is 10.8. The first-order valence-corrected chi connectivity index (χ1v) is 6.37. The highest BCUT2D eigenvalue weighted by atomic mass is 16.5. The maximum absolute atomic E-state index is 5.17. The second kappa shape index (κ2) is 4.44. The lowest BCUT2D eigenvalue weighted by Gasteiger charge is -2.20. The number of hydrogen-bond donors (Lipinski definition) is 0. The SMILES string of the molecule is COc1ccc(-c2nnc3n2CCCC3C)cc1. The van der Waals surface area contributed by atoms with Crippen molar-refractivity contribution in [2.24, 2.45) is 0 Å². The minimum atomic E-state index is 0.512. The fourth-order valence-electron chi connectivity index (χ4n) is 2.54. The van der Waals surface area contributed by atoms with Crippen molar-refractivity contribution in [2.45, 2.75) is 32.2 Å². The van der Waals surface area contributed by atoms with Gasteiger partial charge < -0.3 is 9.30 Å². The van der Waals surface area contributed by atoms with Gasteiger partial charge in [0.05, 0.1) is 7.11 Å². The van der Waals surface area contributed by atoms with Gasteiger partial charge in [-0.3, -0.25) is 0 Å². The van der Waals surface area contributed by atoms with Crippen molar-refractivity contribution in [1.82, 2.24) is 14.8 Å². The molecule has 94 valence electrons. The van der Waals surface area contributed by atoms with E-state index in [-0.39, 0.29) is 0 Å². The molecule has 0 saturated carbocycles. The first kappa shape index (κ1) is 11.3.